The first-order chi connectivity index (χ1) is 6.44. The summed E-state index contributed by atoms with van der Waals surface area (Å²) in [5, 5.41) is 9.36. The van der Waals surface area contributed by atoms with Crippen molar-refractivity contribution >= 4 is 24.6 Å². The third-order valence-electron chi connectivity index (χ3n) is 1.69. The van der Waals surface area contributed by atoms with Crippen molar-refractivity contribution in [3.8, 4) is 0 Å². The smallest absolute Gasteiger partial charge is 0.346 e. The quantitative estimate of drug-likeness (QED) is 0.411. The van der Waals surface area contributed by atoms with Gasteiger partial charge >= 0.3 is 11.9 Å². The van der Waals surface area contributed by atoms with Crippen LogP contribution in [0.15, 0.2) is 0 Å². The second-order valence-corrected chi connectivity index (χ2v) is 3.61. The average molecular weight is 220 g/mol. The SMILES string of the molecule is CCCCC(=O)OC(=O)C(C)(O)CS. The van der Waals surface area contributed by atoms with Crippen LogP contribution in [0.5, 0.6) is 0 Å². The Morgan fingerprint density at radius 3 is 2.50 bits per heavy atom. The summed E-state index contributed by atoms with van der Waals surface area (Å²) >= 11 is 3.77. The zero-order valence-electron chi connectivity index (χ0n) is 8.45. The molecule has 0 bridgehead atoms. The van der Waals surface area contributed by atoms with Crippen LogP contribution in [0, 0.1) is 0 Å². The van der Waals surface area contributed by atoms with Crippen LogP contribution in [0.4, 0.5) is 0 Å². The van der Waals surface area contributed by atoms with E-state index in [4.69, 9.17) is 0 Å². The first-order valence-electron chi connectivity index (χ1n) is 4.52. The van der Waals surface area contributed by atoms with Crippen LogP contribution in [-0.4, -0.2) is 28.4 Å². The Morgan fingerprint density at radius 1 is 1.50 bits per heavy atom. The highest BCUT2D eigenvalue weighted by Gasteiger charge is 2.32. The Balaban J connectivity index is 4.00. The van der Waals surface area contributed by atoms with Gasteiger partial charge in [-0.05, 0) is 13.3 Å². The van der Waals surface area contributed by atoms with E-state index in [9.17, 15) is 14.7 Å². The molecule has 1 N–H and O–H groups in total. The summed E-state index contributed by atoms with van der Waals surface area (Å²) < 4.78 is 4.43. The molecule has 0 saturated carbocycles. The summed E-state index contributed by atoms with van der Waals surface area (Å²) in [6.45, 7) is 3.19. The van der Waals surface area contributed by atoms with Gasteiger partial charge in [-0.15, -0.1) is 0 Å². The summed E-state index contributed by atoms with van der Waals surface area (Å²) in [6.07, 6.45) is 1.73. The van der Waals surface area contributed by atoms with Crippen molar-refractivity contribution in [2.45, 2.75) is 38.7 Å². The molecule has 0 radical (unpaired) electrons. The van der Waals surface area contributed by atoms with Crippen molar-refractivity contribution in [1.82, 2.24) is 0 Å². The van der Waals surface area contributed by atoms with Crippen LogP contribution in [-0.2, 0) is 14.3 Å². The molecule has 0 spiro atoms. The van der Waals surface area contributed by atoms with Gasteiger partial charge in [0.05, 0.1) is 0 Å². The Kier molecular flexibility index (Phi) is 5.79. The first kappa shape index (κ1) is 13.4. The largest absolute Gasteiger partial charge is 0.391 e. The lowest BCUT2D eigenvalue weighted by atomic mass is 10.1. The Hall–Kier alpha value is -0.550. The third kappa shape index (κ3) is 4.62. The number of unbranched alkanes of at least 4 members (excludes halogenated alkanes) is 1. The zero-order chi connectivity index (χ0) is 11.2. The molecule has 0 aromatic rings. The maximum atomic E-state index is 11.1. The summed E-state index contributed by atoms with van der Waals surface area (Å²) in [4.78, 5) is 22.1. The number of rotatable bonds is 5. The van der Waals surface area contributed by atoms with E-state index in [-0.39, 0.29) is 12.2 Å². The number of carbonyl (C=O) groups is 2. The van der Waals surface area contributed by atoms with Gasteiger partial charge in [-0.25, -0.2) is 4.79 Å². The maximum absolute atomic E-state index is 11.1. The summed E-state index contributed by atoms with van der Waals surface area (Å²) in [6, 6.07) is 0. The summed E-state index contributed by atoms with van der Waals surface area (Å²) in [7, 11) is 0. The fourth-order valence-electron chi connectivity index (χ4n) is 0.650. The molecule has 0 rings (SSSR count). The van der Waals surface area contributed by atoms with E-state index in [2.05, 4.69) is 17.4 Å². The molecule has 0 aliphatic rings. The number of thiol groups is 1. The molecule has 0 aliphatic carbocycles. The molecule has 5 heteroatoms. The minimum absolute atomic E-state index is 0.0765. The van der Waals surface area contributed by atoms with Gasteiger partial charge < -0.3 is 9.84 Å². The molecule has 0 aromatic heterocycles. The van der Waals surface area contributed by atoms with Crippen molar-refractivity contribution < 1.29 is 19.4 Å². The minimum atomic E-state index is -1.69. The van der Waals surface area contributed by atoms with E-state index in [1.807, 2.05) is 6.92 Å². The normalized spacial score (nSPS) is 14.6. The Morgan fingerprint density at radius 2 is 2.07 bits per heavy atom. The average Bonchev–Trinajstić information content (AvgIpc) is 2.14. The number of ether oxygens (including phenoxy) is 1. The minimum Gasteiger partial charge on any atom is -0.391 e. The fourth-order valence-corrected chi connectivity index (χ4v) is 0.779. The lowest BCUT2D eigenvalue weighted by Gasteiger charge is -2.17. The Labute approximate surface area is 89.0 Å². The first-order valence-corrected chi connectivity index (χ1v) is 5.15. The molecule has 4 nitrogen and oxygen atoms in total. The lowest BCUT2D eigenvalue weighted by molar-refractivity contribution is -0.171. The highest BCUT2D eigenvalue weighted by molar-refractivity contribution is 7.80. The van der Waals surface area contributed by atoms with Gasteiger partial charge in [0.2, 0.25) is 0 Å². The molecule has 0 aliphatic heterocycles. The van der Waals surface area contributed by atoms with Crippen molar-refractivity contribution in [3.63, 3.8) is 0 Å². The third-order valence-corrected chi connectivity index (χ3v) is 2.30. The van der Waals surface area contributed by atoms with Crippen LogP contribution >= 0.6 is 12.6 Å². The molecule has 1 unspecified atom stereocenters. The van der Waals surface area contributed by atoms with Gasteiger partial charge in [-0.3, -0.25) is 4.79 Å². The molecule has 0 aromatic carbocycles. The topological polar surface area (TPSA) is 63.6 Å². The Bertz CT molecular complexity index is 213. The van der Waals surface area contributed by atoms with Crippen molar-refractivity contribution in [2.75, 3.05) is 5.75 Å². The number of hydrogen-bond donors (Lipinski definition) is 2. The molecule has 1 atom stereocenters. The van der Waals surface area contributed by atoms with Crippen LogP contribution in [0.25, 0.3) is 0 Å². The molecule has 82 valence electrons. The number of aliphatic hydroxyl groups is 1. The molecule has 0 fully saturated rings. The summed E-state index contributed by atoms with van der Waals surface area (Å²) in [5.41, 5.74) is -1.69. The predicted molar refractivity (Wildman–Crippen MR) is 55.1 cm³/mol. The number of esters is 2. The van der Waals surface area contributed by atoms with E-state index in [1.54, 1.807) is 0 Å². The van der Waals surface area contributed by atoms with Gasteiger partial charge in [0.15, 0.2) is 5.60 Å². The maximum Gasteiger partial charge on any atom is 0.346 e. The predicted octanol–water partition coefficient (Wildman–Crippen LogP) is 0.927. The number of carbonyl (C=O) groups excluding carboxylic acids is 2. The number of hydrogen-bond acceptors (Lipinski definition) is 5. The molecule has 0 saturated heterocycles. The summed E-state index contributed by atoms with van der Waals surface area (Å²) in [5.74, 6) is -1.61. The van der Waals surface area contributed by atoms with Crippen LogP contribution < -0.4 is 0 Å². The van der Waals surface area contributed by atoms with Crippen LogP contribution in [0.1, 0.15) is 33.1 Å². The van der Waals surface area contributed by atoms with Gasteiger partial charge in [-0.2, -0.15) is 12.6 Å². The van der Waals surface area contributed by atoms with E-state index >= 15 is 0 Å². The van der Waals surface area contributed by atoms with E-state index in [1.165, 1.54) is 6.92 Å². The van der Waals surface area contributed by atoms with Gasteiger partial charge in [-0.1, -0.05) is 13.3 Å². The van der Waals surface area contributed by atoms with E-state index in [0.29, 0.717) is 6.42 Å². The van der Waals surface area contributed by atoms with E-state index in [0.717, 1.165) is 6.42 Å². The van der Waals surface area contributed by atoms with Crippen molar-refractivity contribution in [2.24, 2.45) is 0 Å². The van der Waals surface area contributed by atoms with Crippen molar-refractivity contribution in [3.05, 3.63) is 0 Å². The zero-order valence-corrected chi connectivity index (χ0v) is 9.34. The molecule has 0 heterocycles. The standard InChI is InChI=1S/C9H16O4S/c1-3-4-5-7(10)13-8(11)9(2,12)6-14/h12,14H,3-6H2,1-2H3. The van der Waals surface area contributed by atoms with Crippen LogP contribution in [0.3, 0.4) is 0 Å². The highest BCUT2D eigenvalue weighted by Crippen LogP contribution is 2.09. The molecular formula is C9H16O4S. The monoisotopic (exact) mass is 220 g/mol. The van der Waals surface area contributed by atoms with Crippen LogP contribution in [0.2, 0.25) is 0 Å². The van der Waals surface area contributed by atoms with Gasteiger partial charge in [0.25, 0.3) is 0 Å². The molecule has 14 heavy (non-hydrogen) atoms. The second-order valence-electron chi connectivity index (χ2n) is 3.30. The van der Waals surface area contributed by atoms with E-state index < -0.39 is 17.5 Å². The highest BCUT2D eigenvalue weighted by atomic mass is 32.1. The second kappa shape index (κ2) is 6.03. The van der Waals surface area contributed by atoms with Crippen molar-refractivity contribution in [1.29, 1.82) is 0 Å². The molecular weight excluding hydrogens is 204 g/mol. The lowest BCUT2D eigenvalue weighted by Crippen LogP contribution is -2.39. The molecule has 0 amide bonds. The van der Waals surface area contributed by atoms with Gasteiger partial charge in [0, 0.05) is 12.2 Å². The van der Waals surface area contributed by atoms with Gasteiger partial charge in [0.1, 0.15) is 0 Å². The fraction of sp³-hybridized carbons (Fsp3) is 0.778.